The Bertz CT molecular complexity index is 548. The molecule has 1 aliphatic rings. The topological polar surface area (TPSA) is 59.0 Å². The van der Waals surface area contributed by atoms with E-state index in [1.165, 1.54) is 4.90 Å². The van der Waals surface area contributed by atoms with Gasteiger partial charge >= 0.3 is 5.97 Å². The maximum Gasteiger partial charge on any atom is 0.325 e. The molecule has 21 heavy (non-hydrogen) atoms. The molecule has 0 saturated heterocycles. The summed E-state index contributed by atoms with van der Waals surface area (Å²) in [5.41, 5.74) is 1.89. The summed E-state index contributed by atoms with van der Waals surface area (Å²) in [5.74, 6) is 0.416. The molecule has 0 aromatic heterocycles. The van der Waals surface area contributed by atoms with Gasteiger partial charge in [0.15, 0.2) is 0 Å². The Labute approximate surface area is 124 Å². The molecule has 1 aromatic carbocycles. The van der Waals surface area contributed by atoms with Crippen LogP contribution < -0.4 is 4.74 Å². The number of ether oxygens (including phenoxy) is 2. The number of rotatable bonds is 5. The molecule has 1 aliphatic heterocycles. The average molecular weight is 289 g/mol. The van der Waals surface area contributed by atoms with Gasteiger partial charge in [0, 0.05) is 6.20 Å². The third kappa shape index (κ3) is 3.86. The Hall–Kier alpha value is -2.27. The van der Waals surface area contributed by atoms with E-state index in [2.05, 4.69) is 0 Å². The second kappa shape index (κ2) is 6.95. The van der Waals surface area contributed by atoms with E-state index in [0.29, 0.717) is 6.61 Å². The van der Waals surface area contributed by atoms with E-state index in [4.69, 9.17) is 9.47 Å². The number of esters is 1. The molecule has 1 heterocycles. The lowest BCUT2D eigenvalue weighted by molar-refractivity contribution is -0.145. The maximum absolute atomic E-state index is 11.5. The van der Waals surface area contributed by atoms with Crippen molar-refractivity contribution in [2.75, 3.05) is 20.3 Å². The Balaban J connectivity index is 2.14. The van der Waals surface area contributed by atoms with Crippen molar-refractivity contribution in [1.29, 1.82) is 0 Å². The predicted octanol–water partition coefficient (Wildman–Crippen LogP) is 1.79. The van der Waals surface area contributed by atoms with E-state index < -0.39 is 6.23 Å². The average Bonchev–Trinajstić information content (AvgIpc) is 2.50. The molecule has 1 atom stereocenters. The first-order valence-corrected chi connectivity index (χ1v) is 6.78. The number of nitrogens with zero attached hydrogens (tertiary/aromatic N) is 1. The molecule has 0 bridgehead atoms. The summed E-state index contributed by atoms with van der Waals surface area (Å²) in [5, 5.41) is 9.90. The Morgan fingerprint density at radius 1 is 1.33 bits per heavy atom. The predicted molar refractivity (Wildman–Crippen MR) is 79.5 cm³/mol. The van der Waals surface area contributed by atoms with Crippen LogP contribution in [-0.4, -0.2) is 42.5 Å². The normalized spacial score (nSPS) is 17.4. The van der Waals surface area contributed by atoms with Crippen molar-refractivity contribution in [2.45, 2.75) is 13.2 Å². The van der Waals surface area contributed by atoms with Crippen LogP contribution in [-0.2, 0) is 9.53 Å². The standard InChI is InChI=1S/C16H19NO4/c1-3-21-16(19)11-17-10-13(6-9-15(17)18)12-4-7-14(20-2)8-5-12/h4-10,15,18H,3,11H2,1-2H3. The quantitative estimate of drug-likeness (QED) is 0.837. The lowest BCUT2D eigenvalue weighted by atomic mass is 10.0. The number of hydrogen-bond acceptors (Lipinski definition) is 5. The van der Waals surface area contributed by atoms with E-state index in [9.17, 15) is 9.90 Å². The van der Waals surface area contributed by atoms with Crippen molar-refractivity contribution in [3.63, 3.8) is 0 Å². The first-order valence-electron chi connectivity index (χ1n) is 6.78. The van der Waals surface area contributed by atoms with Gasteiger partial charge in [-0.2, -0.15) is 0 Å². The third-order valence-electron chi connectivity index (χ3n) is 3.13. The van der Waals surface area contributed by atoms with E-state index in [0.717, 1.165) is 16.9 Å². The highest BCUT2D eigenvalue weighted by Crippen LogP contribution is 2.24. The SMILES string of the molecule is CCOC(=O)CN1C=C(c2ccc(OC)cc2)C=CC1O. The van der Waals surface area contributed by atoms with E-state index >= 15 is 0 Å². The van der Waals surface area contributed by atoms with Gasteiger partial charge in [-0.1, -0.05) is 18.2 Å². The highest BCUT2D eigenvalue weighted by atomic mass is 16.5. The number of benzene rings is 1. The van der Waals surface area contributed by atoms with Crippen LogP contribution >= 0.6 is 0 Å². The lowest BCUT2D eigenvalue weighted by Crippen LogP contribution is -2.36. The smallest absolute Gasteiger partial charge is 0.325 e. The molecule has 0 radical (unpaired) electrons. The van der Waals surface area contributed by atoms with Gasteiger partial charge in [-0.25, -0.2) is 0 Å². The first kappa shape index (κ1) is 15.1. The molecule has 5 heteroatoms. The number of hydrogen-bond donors (Lipinski definition) is 1. The van der Waals surface area contributed by atoms with Crippen molar-refractivity contribution in [3.8, 4) is 5.75 Å². The van der Waals surface area contributed by atoms with Gasteiger partial charge in [0.25, 0.3) is 0 Å². The largest absolute Gasteiger partial charge is 0.497 e. The maximum atomic E-state index is 11.5. The van der Waals surface area contributed by atoms with Gasteiger partial charge in [0.1, 0.15) is 18.5 Å². The highest BCUT2D eigenvalue weighted by Gasteiger charge is 2.18. The van der Waals surface area contributed by atoms with Gasteiger partial charge < -0.3 is 19.5 Å². The van der Waals surface area contributed by atoms with Crippen molar-refractivity contribution >= 4 is 11.5 Å². The minimum atomic E-state index is -0.823. The second-order valence-electron chi connectivity index (χ2n) is 4.56. The Morgan fingerprint density at radius 2 is 2.05 bits per heavy atom. The number of aliphatic hydroxyl groups excluding tert-OH is 1. The first-order chi connectivity index (χ1) is 10.1. The number of carbonyl (C=O) groups is 1. The second-order valence-corrected chi connectivity index (χ2v) is 4.56. The Kier molecular flexibility index (Phi) is 5.00. The van der Waals surface area contributed by atoms with Gasteiger partial charge in [0.05, 0.1) is 13.7 Å². The zero-order valence-electron chi connectivity index (χ0n) is 12.2. The van der Waals surface area contributed by atoms with Crippen LogP contribution in [0.1, 0.15) is 12.5 Å². The van der Waals surface area contributed by atoms with E-state index in [-0.39, 0.29) is 12.5 Å². The number of carbonyl (C=O) groups excluding carboxylic acids is 1. The van der Waals surface area contributed by atoms with Crippen LogP contribution in [0.5, 0.6) is 5.75 Å². The summed E-state index contributed by atoms with van der Waals surface area (Å²) in [6, 6.07) is 7.58. The molecule has 1 N–H and O–H groups in total. The molecule has 0 fully saturated rings. The molecule has 112 valence electrons. The third-order valence-corrected chi connectivity index (χ3v) is 3.13. The van der Waals surface area contributed by atoms with Crippen molar-refractivity contribution < 1.29 is 19.4 Å². The number of allylic oxidation sites excluding steroid dienone is 2. The zero-order chi connectivity index (χ0) is 15.2. The molecule has 1 unspecified atom stereocenters. The van der Waals surface area contributed by atoms with Gasteiger partial charge in [-0.05, 0) is 36.3 Å². The fourth-order valence-corrected chi connectivity index (χ4v) is 2.05. The fraction of sp³-hybridized carbons (Fsp3) is 0.312. The van der Waals surface area contributed by atoms with Gasteiger partial charge in [-0.15, -0.1) is 0 Å². The molecule has 0 amide bonds. The number of methoxy groups -OCH3 is 1. The molecule has 0 aliphatic carbocycles. The summed E-state index contributed by atoms with van der Waals surface area (Å²) in [6.07, 6.45) is 4.40. The van der Waals surface area contributed by atoms with Crippen LogP contribution in [0.2, 0.25) is 0 Å². The summed E-state index contributed by atoms with van der Waals surface area (Å²) in [6.45, 7) is 2.09. The minimum absolute atomic E-state index is 0.0129. The monoisotopic (exact) mass is 289 g/mol. The Morgan fingerprint density at radius 3 is 2.67 bits per heavy atom. The van der Waals surface area contributed by atoms with Crippen LogP contribution in [0, 0.1) is 0 Å². The minimum Gasteiger partial charge on any atom is -0.497 e. The summed E-state index contributed by atoms with van der Waals surface area (Å²) in [4.78, 5) is 13.1. The van der Waals surface area contributed by atoms with Crippen molar-refractivity contribution in [2.24, 2.45) is 0 Å². The summed E-state index contributed by atoms with van der Waals surface area (Å²) in [7, 11) is 1.62. The van der Waals surface area contributed by atoms with Crippen molar-refractivity contribution in [3.05, 3.63) is 48.2 Å². The lowest BCUT2D eigenvalue weighted by Gasteiger charge is -2.27. The molecule has 2 rings (SSSR count). The van der Waals surface area contributed by atoms with Crippen molar-refractivity contribution in [1.82, 2.24) is 4.90 Å². The molecular formula is C16H19NO4. The zero-order valence-corrected chi connectivity index (χ0v) is 12.2. The number of aliphatic hydroxyl groups is 1. The molecule has 0 spiro atoms. The van der Waals surface area contributed by atoms with Crippen LogP contribution in [0.25, 0.3) is 5.57 Å². The van der Waals surface area contributed by atoms with Crippen LogP contribution in [0.15, 0.2) is 42.6 Å². The molecule has 1 aromatic rings. The van der Waals surface area contributed by atoms with Crippen LogP contribution in [0.4, 0.5) is 0 Å². The van der Waals surface area contributed by atoms with Gasteiger partial charge in [0.2, 0.25) is 0 Å². The van der Waals surface area contributed by atoms with Crippen LogP contribution in [0.3, 0.4) is 0 Å². The summed E-state index contributed by atoms with van der Waals surface area (Å²) < 4.78 is 10.0. The van der Waals surface area contributed by atoms with E-state index in [1.54, 1.807) is 26.3 Å². The summed E-state index contributed by atoms with van der Waals surface area (Å²) >= 11 is 0. The van der Waals surface area contributed by atoms with Gasteiger partial charge in [-0.3, -0.25) is 4.79 Å². The molecule has 5 nitrogen and oxygen atoms in total. The fourth-order valence-electron chi connectivity index (χ4n) is 2.05. The molecular weight excluding hydrogens is 270 g/mol. The highest BCUT2D eigenvalue weighted by molar-refractivity contribution is 5.77. The van der Waals surface area contributed by atoms with E-state index in [1.807, 2.05) is 30.3 Å². The molecule has 0 saturated carbocycles.